The summed E-state index contributed by atoms with van der Waals surface area (Å²) in [4.78, 5) is 26.1. The van der Waals surface area contributed by atoms with Gasteiger partial charge in [-0.05, 0) is 24.7 Å². The van der Waals surface area contributed by atoms with E-state index < -0.39 is 0 Å². The van der Waals surface area contributed by atoms with Crippen LogP contribution in [-0.4, -0.2) is 59.3 Å². The summed E-state index contributed by atoms with van der Waals surface area (Å²) in [5.41, 5.74) is 0.580. The summed E-state index contributed by atoms with van der Waals surface area (Å²) < 4.78 is 7.10. The number of nitrogens with zero attached hydrogens (tertiary/aromatic N) is 3. The number of aromatic nitrogens is 2. The molecule has 0 unspecified atom stereocenters. The van der Waals surface area contributed by atoms with Crippen molar-refractivity contribution in [3.63, 3.8) is 0 Å². The number of piperidine rings is 1. The smallest absolute Gasteiger partial charge is 0.254 e. The van der Waals surface area contributed by atoms with Gasteiger partial charge in [0.2, 0.25) is 5.91 Å². The molecule has 7 heteroatoms. The molecule has 0 radical (unpaired) electrons. The fourth-order valence-corrected chi connectivity index (χ4v) is 2.90. The van der Waals surface area contributed by atoms with Gasteiger partial charge in [0.05, 0.1) is 24.8 Å². The van der Waals surface area contributed by atoms with Crippen LogP contribution in [0.1, 0.15) is 43.5 Å². The number of amides is 2. The normalized spacial score (nSPS) is 15.6. The van der Waals surface area contributed by atoms with Crippen LogP contribution < -0.4 is 5.32 Å². The molecule has 1 aliphatic rings. The maximum atomic E-state index is 12.2. The first kappa shape index (κ1) is 19.4. The average Bonchev–Trinajstić information content (AvgIpc) is 3.03. The SMILES string of the molecule is CC(C)COCCC(=O)N1CCC(CNC(=O)c2cnn(C)c2)CC1. The van der Waals surface area contributed by atoms with E-state index in [1.807, 2.05) is 4.90 Å². The van der Waals surface area contributed by atoms with E-state index in [9.17, 15) is 9.59 Å². The number of nitrogens with one attached hydrogen (secondary N) is 1. The molecule has 2 amide bonds. The van der Waals surface area contributed by atoms with Gasteiger partial charge >= 0.3 is 0 Å². The number of rotatable bonds is 8. The van der Waals surface area contributed by atoms with Crippen molar-refractivity contribution in [2.75, 3.05) is 32.8 Å². The lowest BCUT2D eigenvalue weighted by Crippen LogP contribution is -2.41. The van der Waals surface area contributed by atoms with Gasteiger partial charge < -0.3 is 15.0 Å². The quantitative estimate of drug-likeness (QED) is 0.720. The third-order valence-electron chi connectivity index (χ3n) is 4.40. The Balaban J connectivity index is 1.62. The molecule has 0 spiro atoms. The van der Waals surface area contributed by atoms with Gasteiger partial charge in [-0.3, -0.25) is 14.3 Å². The molecule has 0 saturated carbocycles. The third-order valence-corrected chi connectivity index (χ3v) is 4.40. The maximum Gasteiger partial charge on any atom is 0.254 e. The van der Waals surface area contributed by atoms with Gasteiger partial charge in [0.15, 0.2) is 0 Å². The van der Waals surface area contributed by atoms with E-state index in [0.717, 1.165) is 25.9 Å². The highest BCUT2D eigenvalue weighted by Crippen LogP contribution is 2.17. The lowest BCUT2D eigenvalue weighted by Gasteiger charge is -2.32. The first-order valence-corrected chi connectivity index (χ1v) is 9.08. The van der Waals surface area contributed by atoms with Crippen molar-refractivity contribution in [2.45, 2.75) is 33.1 Å². The molecule has 2 rings (SSSR count). The van der Waals surface area contributed by atoms with Crippen molar-refractivity contribution in [1.29, 1.82) is 0 Å². The van der Waals surface area contributed by atoms with E-state index >= 15 is 0 Å². The Morgan fingerprint density at radius 3 is 2.68 bits per heavy atom. The van der Waals surface area contributed by atoms with E-state index in [-0.39, 0.29) is 11.8 Å². The Morgan fingerprint density at radius 1 is 1.36 bits per heavy atom. The first-order valence-electron chi connectivity index (χ1n) is 9.08. The van der Waals surface area contributed by atoms with Crippen molar-refractivity contribution in [1.82, 2.24) is 20.0 Å². The zero-order valence-electron chi connectivity index (χ0n) is 15.5. The van der Waals surface area contributed by atoms with Crippen LogP contribution in [0, 0.1) is 11.8 Å². The van der Waals surface area contributed by atoms with Crippen LogP contribution in [0.25, 0.3) is 0 Å². The number of hydrogen-bond acceptors (Lipinski definition) is 4. The minimum atomic E-state index is -0.0890. The monoisotopic (exact) mass is 350 g/mol. The van der Waals surface area contributed by atoms with E-state index in [0.29, 0.717) is 43.6 Å². The third kappa shape index (κ3) is 6.49. The second-order valence-corrected chi connectivity index (χ2v) is 7.16. The van der Waals surface area contributed by atoms with Crippen molar-refractivity contribution in [3.05, 3.63) is 18.0 Å². The lowest BCUT2D eigenvalue weighted by atomic mass is 9.96. The van der Waals surface area contributed by atoms with Crippen LogP contribution in [0.2, 0.25) is 0 Å². The first-order chi connectivity index (χ1) is 12.0. The van der Waals surface area contributed by atoms with Crippen LogP contribution in [0.5, 0.6) is 0 Å². The zero-order valence-corrected chi connectivity index (χ0v) is 15.5. The zero-order chi connectivity index (χ0) is 18.2. The molecule has 7 nitrogen and oxygen atoms in total. The Morgan fingerprint density at radius 2 is 2.08 bits per heavy atom. The molecule has 1 aliphatic heterocycles. The van der Waals surface area contributed by atoms with Crippen molar-refractivity contribution < 1.29 is 14.3 Å². The summed E-state index contributed by atoms with van der Waals surface area (Å²) in [5.74, 6) is 0.991. The van der Waals surface area contributed by atoms with E-state index in [4.69, 9.17) is 4.74 Å². The summed E-state index contributed by atoms with van der Waals surface area (Å²) in [6.07, 6.45) is 5.57. The molecule has 0 aliphatic carbocycles. The van der Waals surface area contributed by atoms with Crippen molar-refractivity contribution >= 4 is 11.8 Å². The Kier molecular flexibility index (Phi) is 7.43. The molecule has 0 aromatic carbocycles. The van der Waals surface area contributed by atoms with Gasteiger partial charge in [-0.1, -0.05) is 13.8 Å². The number of likely N-dealkylation sites (tertiary alicyclic amines) is 1. The molecular formula is C18H30N4O3. The molecule has 1 aromatic rings. The Hall–Kier alpha value is -1.89. The largest absolute Gasteiger partial charge is 0.381 e. The predicted molar refractivity (Wildman–Crippen MR) is 95.1 cm³/mol. The summed E-state index contributed by atoms with van der Waals surface area (Å²) in [6, 6.07) is 0. The standard InChI is InChI=1S/C18H30N4O3/c1-14(2)13-25-9-6-17(23)22-7-4-15(5-8-22)10-19-18(24)16-11-20-21(3)12-16/h11-12,14-15H,4-10,13H2,1-3H3,(H,19,24). The highest BCUT2D eigenvalue weighted by atomic mass is 16.5. The van der Waals surface area contributed by atoms with Crippen LogP contribution in [0.4, 0.5) is 0 Å². The highest BCUT2D eigenvalue weighted by Gasteiger charge is 2.23. The fourth-order valence-electron chi connectivity index (χ4n) is 2.90. The highest BCUT2D eigenvalue weighted by molar-refractivity contribution is 5.93. The number of aryl methyl sites for hydroxylation is 1. The molecule has 0 atom stereocenters. The van der Waals surface area contributed by atoms with Gasteiger partial charge in [-0.2, -0.15) is 5.10 Å². The van der Waals surface area contributed by atoms with Gasteiger partial charge in [0, 0.05) is 39.5 Å². The van der Waals surface area contributed by atoms with Crippen molar-refractivity contribution in [2.24, 2.45) is 18.9 Å². The minimum Gasteiger partial charge on any atom is -0.381 e. The van der Waals surface area contributed by atoms with E-state index in [1.54, 1.807) is 24.1 Å². The molecule has 1 saturated heterocycles. The molecule has 0 bridgehead atoms. The van der Waals surface area contributed by atoms with Crippen LogP contribution in [0.3, 0.4) is 0 Å². The minimum absolute atomic E-state index is 0.0890. The van der Waals surface area contributed by atoms with Gasteiger partial charge in [-0.15, -0.1) is 0 Å². The molecule has 25 heavy (non-hydrogen) atoms. The topological polar surface area (TPSA) is 76.5 Å². The molecule has 1 aromatic heterocycles. The van der Waals surface area contributed by atoms with Crippen LogP contribution >= 0.6 is 0 Å². The average molecular weight is 350 g/mol. The van der Waals surface area contributed by atoms with Gasteiger partial charge in [-0.25, -0.2) is 0 Å². The van der Waals surface area contributed by atoms with Crippen molar-refractivity contribution in [3.8, 4) is 0 Å². The number of carbonyl (C=O) groups excluding carboxylic acids is 2. The lowest BCUT2D eigenvalue weighted by molar-refractivity contribution is -0.133. The van der Waals surface area contributed by atoms with E-state index in [2.05, 4.69) is 24.3 Å². The number of hydrogen-bond donors (Lipinski definition) is 1. The van der Waals surface area contributed by atoms with Gasteiger partial charge in [0.25, 0.3) is 5.91 Å². The number of ether oxygens (including phenoxy) is 1. The predicted octanol–water partition coefficient (Wildman–Crippen LogP) is 1.45. The van der Waals surface area contributed by atoms with Crippen LogP contribution in [0.15, 0.2) is 12.4 Å². The Labute approximate surface area is 149 Å². The second-order valence-electron chi connectivity index (χ2n) is 7.16. The van der Waals surface area contributed by atoms with Gasteiger partial charge in [0.1, 0.15) is 0 Å². The fraction of sp³-hybridized carbons (Fsp3) is 0.722. The molecule has 140 valence electrons. The second kappa shape index (κ2) is 9.56. The molecular weight excluding hydrogens is 320 g/mol. The molecule has 1 N–H and O–H groups in total. The van der Waals surface area contributed by atoms with E-state index in [1.165, 1.54) is 0 Å². The van der Waals surface area contributed by atoms with Crippen LogP contribution in [-0.2, 0) is 16.6 Å². The summed E-state index contributed by atoms with van der Waals surface area (Å²) in [7, 11) is 1.79. The summed E-state index contributed by atoms with van der Waals surface area (Å²) in [5, 5.41) is 6.97. The molecule has 2 heterocycles. The summed E-state index contributed by atoms with van der Waals surface area (Å²) >= 11 is 0. The molecule has 1 fully saturated rings. The summed E-state index contributed by atoms with van der Waals surface area (Å²) in [6.45, 7) is 7.56. The maximum absolute atomic E-state index is 12.2. The Bertz CT molecular complexity index is 562. The number of carbonyl (C=O) groups is 2.